The van der Waals surface area contributed by atoms with Gasteiger partial charge in [-0.3, -0.25) is 19.2 Å². The zero-order valence-electron chi connectivity index (χ0n) is 18.7. The van der Waals surface area contributed by atoms with Crippen molar-refractivity contribution < 1.29 is 19.2 Å². The predicted octanol–water partition coefficient (Wildman–Crippen LogP) is 1.97. The van der Waals surface area contributed by atoms with Crippen molar-refractivity contribution >= 4 is 29.3 Å². The second-order valence-corrected chi connectivity index (χ2v) is 9.23. The zero-order chi connectivity index (χ0) is 22.7. The first-order valence-electron chi connectivity index (χ1n) is 11.6. The largest absolute Gasteiger partial charge is 0.342 e. The molecule has 0 radical (unpaired) electrons. The Hall–Kier alpha value is -2.90. The summed E-state index contributed by atoms with van der Waals surface area (Å²) < 4.78 is 0. The fourth-order valence-electron chi connectivity index (χ4n) is 5.06. The maximum atomic E-state index is 12.9. The highest BCUT2D eigenvalue weighted by molar-refractivity contribution is 5.97. The molecule has 0 saturated carbocycles. The van der Waals surface area contributed by atoms with Gasteiger partial charge in [0.25, 0.3) is 5.91 Å². The molecule has 3 saturated heterocycles. The number of hydrogen-bond donors (Lipinski definition) is 1. The molecule has 1 N–H and O–H groups in total. The van der Waals surface area contributed by atoms with E-state index in [1.807, 2.05) is 14.7 Å². The summed E-state index contributed by atoms with van der Waals surface area (Å²) in [5, 5.41) is 2.71. The average molecular weight is 441 g/mol. The smallest absolute Gasteiger partial charge is 0.253 e. The first kappa shape index (κ1) is 22.3. The molecule has 1 aromatic carbocycles. The number of anilines is 1. The van der Waals surface area contributed by atoms with E-state index < -0.39 is 0 Å². The normalized spacial score (nSPS) is 21.8. The van der Waals surface area contributed by atoms with Crippen molar-refractivity contribution in [2.75, 3.05) is 44.6 Å². The van der Waals surface area contributed by atoms with Gasteiger partial charge in [0.15, 0.2) is 0 Å². The molecule has 1 atom stereocenters. The fraction of sp³-hybridized carbons (Fsp3) is 0.583. The Balaban J connectivity index is 1.27. The van der Waals surface area contributed by atoms with Crippen LogP contribution in [0.1, 0.15) is 49.4 Å². The summed E-state index contributed by atoms with van der Waals surface area (Å²) in [6, 6.07) is 7.00. The molecule has 4 amide bonds. The van der Waals surface area contributed by atoms with Gasteiger partial charge in [0.2, 0.25) is 17.7 Å². The molecule has 8 nitrogen and oxygen atoms in total. The van der Waals surface area contributed by atoms with Crippen LogP contribution in [0.3, 0.4) is 0 Å². The van der Waals surface area contributed by atoms with Gasteiger partial charge in [-0.15, -0.1) is 0 Å². The summed E-state index contributed by atoms with van der Waals surface area (Å²) in [5.74, 6) is 0.157. The Bertz CT molecular complexity index is 888. The summed E-state index contributed by atoms with van der Waals surface area (Å²) in [4.78, 5) is 54.9. The van der Waals surface area contributed by atoms with E-state index in [9.17, 15) is 19.2 Å². The number of likely N-dealkylation sites (tertiary alicyclic amines) is 3. The van der Waals surface area contributed by atoms with E-state index in [-0.39, 0.29) is 29.5 Å². The quantitative estimate of drug-likeness (QED) is 0.758. The topological polar surface area (TPSA) is 90.0 Å². The Morgan fingerprint density at radius 1 is 1.03 bits per heavy atom. The maximum absolute atomic E-state index is 12.9. The lowest BCUT2D eigenvalue weighted by Crippen LogP contribution is -2.42. The molecular formula is C24H32N4O4. The van der Waals surface area contributed by atoms with Gasteiger partial charge in [-0.25, -0.2) is 0 Å². The molecule has 1 unspecified atom stereocenters. The molecule has 3 fully saturated rings. The van der Waals surface area contributed by atoms with Crippen LogP contribution in [0.4, 0.5) is 5.69 Å². The first-order valence-corrected chi connectivity index (χ1v) is 11.6. The number of nitrogens with one attached hydrogen (secondary N) is 1. The number of nitrogens with zero attached hydrogens (tertiary/aromatic N) is 3. The van der Waals surface area contributed by atoms with Crippen LogP contribution in [0.25, 0.3) is 0 Å². The van der Waals surface area contributed by atoms with E-state index >= 15 is 0 Å². The van der Waals surface area contributed by atoms with Crippen molar-refractivity contribution in [2.45, 2.75) is 39.0 Å². The molecule has 3 aliphatic heterocycles. The molecule has 0 spiro atoms. The number of amides is 4. The van der Waals surface area contributed by atoms with Crippen molar-refractivity contribution in [2.24, 2.45) is 11.8 Å². The number of rotatable bonds is 5. The lowest BCUT2D eigenvalue weighted by atomic mass is 9.95. The number of carbonyl (C=O) groups is 4. The number of benzene rings is 1. The minimum atomic E-state index is -0.196. The number of carbonyl (C=O) groups excluding carboxylic acids is 4. The Morgan fingerprint density at radius 2 is 1.75 bits per heavy atom. The third-order valence-electron chi connectivity index (χ3n) is 6.79. The van der Waals surface area contributed by atoms with Gasteiger partial charge >= 0.3 is 0 Å². The molecule has 4 rings (SSSR count). The van der Waals surface area contributed by atoms with E-state index in [2.05, 4.69) is 5.32 Å². The monoisotopic (exact) mass is 440 g/mol. The first-order chi connectivity index (χ1) is 15.4. The number of hydrogen-bond acceptors (Lipinski definition) is 4. The lowest BCUT2D eigenvalue weighted by Gasteiger charge is -2.34. The fourth-order valence-corrected chi connectivity index (χ4v) is 5.06. The Labute approximate surface area is 188 Å². The summed E-state index contributed by atoms with van der Waals surface area (Å²) in [6.07, 6.45) is 4.13. The number of piperidine rings is 1. The second kappa shape index (κ2) is 9.71. The molecule has 172 valence electrons. The summed E-state index contributed by atoms with van der Waals surface area (Å²) in [7, 11) is 0. The molecule has 1 aromatic rings. The van der Waals surface area contributed by atoms with Gasteiger partial charge in [0, 0.05) is 63.9 Å². The zero-order valence-corrected chi connectivity index (χ0v) is 18.7. The van der Waals surface area contributed by atoms with E-state index in [4.69, 9.17) is 0 Å². The molecule has 8 heteroatoms. The van der Waals surface area contributed by atoms with Crippen LogP contribution in [0, 0.1) is 11.8 Å². The van der Waals surface area contributed by atoms with Crippen molar-refractivity contribution in [1.82, 2.24) is 14.7 Å². The van der Waals surface area contributed by atoms with Crippen molar-refractivity contribution in [3.8, 4) is 0 Å². The summed E-state index contributed by atoms with van der Waals surface area (Å²) >= 11 is 0. The van der Waals surface area contributed by atoms with Gasteiger partial charge in [0.1, 0.15) is 0 Å². The van der Waals surface area contributed by atoms with E-state index in [1.54, 1.807) is 24.3 Å². The minimum absolute atomic E-state index is 0.0378. The van der Waals surface area contributed by atoms with Gasteiger partial charge in [-0.1, -0.05) is 6.07 Å². The highest BCUT2D eigenvalue weighted by Gasteiger charge is 2.38. The molecule has 0 bridgehead atoms. The molecule has 0 aromatic heterocycles. The van der Waals surface area contributed by atoms with Gasteiger partial charge in [-0.2, -0.15) is 0 Å². The lowest BCUT2D eigenvalue weighted by molar-refractivity contribution is -0.134. The standard InChI is InChI=1S/C24H32N4O4/c1-17(29)25-21-6-4-5-19(13-21)23(31)27-11-7-18(8-12-27)15-28-16-20(14-22(28)30)24(32)26-9-2-3-10-26/h4-6,13,18,20H,2-3,7-12,14-16H2,1H3,(H,25,29). The van der Waals surface area contributed by atoms with Crippen LogP contribution in [0.2, 0.25) is 0 Å². The highest BCUT2D eigenvalue weighted by Crippen LogP contribution is 2.26. The van der Waals surface area contributed by atoms with Crippen LogP contribution < -0.4 is 5.32 Å². The van der Waals surface area contributed by atoms with E-state index in [1.165, 1.54) is 6.92 Å². The average Bonchev–Trinajstić information content (AvgIpc) is 3.44. The van der Waals surface area contributed by atoms with Gasteiger partial charge in [0.05, 0.1) is 5.92 Å². The van der Waals surface area contributed by atoms with Crippen molar-refractivity contribution in [3.05, 3.63) is 29.8 Å². The second-order valence-electron chi connectivity index (χ2n) is 9.23. The molecule has 32 heavy (non-hydrogen) atoms. The van der Waals surface area contributed by atoms with Crippen LogP contribution in [0.5, 0.6) is 0 Å². The van der Waals surface area contributed by atoms with Crippen LogP contribution in [0.15, 0.2) is 24.3 Å². The van der Waals surface area contributed by atoms with Crippen molar-refractivity contribution in [3.63, 3.8) is 0 Å². The summed E-state index contributed by atoms with van der Waals surface area (Å²) in [6.45, 7) is 5.58. The Kier molecular flexibility index (Phi) is 6.77. The van der Waals surface area contributed by atoms with Gasteiger partial charge in [-0.05, 0) is 49.8 Å². The Morgan fingerprint density at radius 3 is 2.44 bits per heavy atom. The minimum Gasteiger partial charge on any atom is -0.342 e. The molecule has 3 heterocycles. The summed E-state index contributed by atoms with van der Waals surface area (Å²) in [5.41, 5.74) is 1.18. The van der Waals surface area contributed by atoms with Gasteiger partial charge < -0.3 is 20.0 Å². The highest BCUT2D eigenvalue weighted by atomic mass is 16.2. The van der Waals surface area contributed by atoms with Crippen molar-refractivity contribution in [1.29, 1.82) is 0 Å². The third-order valence-corrected chi connectivity index (χ3v) is 6.79. The maximum Gasteiger partial charge on any atom is 0.253 e. The van der Waals surface area contributed by atoms with E-state index in [0.717, 1.165) is 38.8 Å². The van der Waals surface area contributed by atoms with Crippen LogP contribution in [-0.4, -0.2) is 77.6 Å². The van der Waals surface area contributed by atoms with Crippen LogP contribution in [-0.2, 0) is 14.4 Å². The van der Waals surface area contributed by atoms with Crippen LogP contribution >= 0.6 is 0 Å². The van der Waals surface area contributed by atoms with E-state index in [0.29, 0.717) is 49.8 Å². The molecule has 3 aliphatic rings. The molecule has 0 aliphatic carbocycles. The molecular weight excluding hydrogens is 408 g/mol. The third kappa shape index (κ3) is 5.11. The SMILES string of the molecule is CC(=O)Nc1cccc(C(=O)N2CCC(CN3CC(C(=O)N4CCCC4)CC3=O)CC2)c1. The predicted molar refractivity (Wildman–Crippen MR) is 120 cm³/mol.